The summed E-state index contributed by atoms with van der Waals surface area (Å²) in [6.45, 7) is 8.32. The van der Waals surface area contributed by atoms with Gasteiger partial charge in [-0.3, -0.25) is 9.80 Å². The number of hydrogen-bond acceptors (Lipinski definition) is 5. The summed E-state index contributed by atoms with van der Waals surface area (Å²) in [6, 6.07) is 5.38. The fourth-order valence-corrected chi connectivity index (χ4v) is 4.67. The molecule has 1 spiro atoms. The van der Waals surface area contributed by atoms with Gasteiger partial charge in [-0.15, -0.1) is 0 Å². The Morgan fingerprint density at radius 1 is 1.19 bits per heavy atom. The van der Waals surface area contributed by atoms with Crippen LogP contribution in [0.5, 0.6) is 5.75 Å². The Balaban J connectivity index is 1.31. The lowest BCUT2D eigenvalue weighted by Crippen LogP contribution is -2.57. The van der Waals surface area contributed by atoms with Crippen molar-refractivity contribution in [2.75, 3.05) is 59.7 Å². The van der Waals surface area contributed by atoms with Crippen LogP contribution < -0.4 is 4.74 Å². The van der Waals surface area contributed by atoms with Crippen LogP contribution >= 0.6 is 0 Å². The molecule has 0 saturated carbocycles. The lowest BCUT2D eigenvalue weighted by atomic mass is 9.88. The van der Waals surface area contributed by atoms with Crippen LogP contribution in [0.3, 0.4) is 0 Å². The van der Waals surface area contributed by atoms with Crippen molar-refractivity contribution in [2.24, 2.45) is 5.92 Å². The molecule has 3 aliphatic rings. The highest BCUT2D eigenvalue weighted by molar-refractivity contribution is 5.31. The largest absolute Gasteiger partial charge is 0.494 e. The number of ether oxygens (including phenoxy) is 3. The van der Waals surface area contributed by atoms with Gasteiger partial charge < -0.3 is 14.2 Å². The molecule has 1 aromatic carbocycles. The summed E-state index contributed by atoms with van der Waals surface area (Å²) in [7, 11) is 1.51. The highest BCUT2D eigenvalue weighted by atomic mass is 19.1. The van der Waals surface area contributed by atoms with Gasteiger partial charge in [-0.25, -0.2) is 4.39 Å². The summed E-state index contributed by atoms with van der Waals surface area (Å²) in [5, 5.41) is 0. The summed E-state index contributed by atoms with van der Waals surface area (Å²) in [6.07, 6.45) is 3.21. The molecule has 0 bridgehead atoms. The average molecular weight is 378 g/mol. The van der Waals surface area contributed by atoms with E-state index in [2.05, 4.69) is 9.80 Å². The van der Waals surface area contributed by atoms with Crippen molar-refractivity contribution in [3.63, 3.8) is 0 Å². The van der Waals surface area contributed by atoms with Crippen LogP contribution in [-0.2, 0) is 16.0 Å². The maximum absolute atomic E-state index is 14.4. The zero-order valence-corrected chi connectivity index (χ0v) is 16.3. The Morgan fingerprint density at radius 3 is 2.78 bits per heavy atom. The number of morpholine rings is 1. The second kappa shape index (κ2) is 8.43. The Labute approximate surface area is 161 Å². The van der Waals surface area contributed by atoms with Gasteiger partial charge in [0.2, 0.25) is 0 Å². The van der Waals surface area contributed by atoms with Crippen molar-refractivity contribution in [1.29, 1.82) is 0 Å². The summed E-state index contributed by atoms with van der Waals surface area (Å²) in [5.74, 6) is 0.763. The molecule has 150 valence electrons. The first-order chi connectivity index (χ1) is 13.2. The smallest absolute Gasteiger partial charge is 0.169 e. The van der Waals surface area contributed by atoms with Crippen LogP contribution in [-0.4, -0.2) is 75.1 Å². The van der Waals surface area contributed by atoms with Gasteiger partial charge in [0.1, 0.15) is 0 Å². The van der Waals surface area contributed by atoms with Crippen LogP contribution in [0.4, 0.5) is 4.39 Å². The van der Waals surface area contributed by atoms with Gasteiger partial charge in [-0.05, 0) is 31.2 Å². The highest BCUT2D eigenvalue weighted by Gasteiger charge is 2.40. The summed E-state index contributed by atoms with van der Waals surface area (Å²) >= 11 is 0. The van der Waals surface area contributed by atoms with Crippen molar-refractivity contribution < 1.29 is 18.6 Å². The molecule has 4 rings (SSSR count). The second-order valence-corrected chi connectivity index (χ2v) is 8.21. The van der Waals surface area contributed by atoms with Gasteiger partial charge in [-0.1, -0.05) is 12.1 Å². The van der Waals surface area contributed by atoms with E-state index in [9.17, 15) is 4.39 Å². The van der Waals surface area contributed by atoms with Crippen LogP contribution in [0.1, 0.15) is 24.8 Å². The van der Waals surface area contributed by atoms with Crippen molar-refractivity contribution in [1.82, 2.24) is 9.80 Å². The fraction of sp³-hybridized carbons (Fsp3) is 0.714. The zero-order valence-electron chi connectivity index (χ0n) is 16.3. The third kappa shape index (κ3) is 4.45. The number of piperidine rings is 1. The average Bonchev–Trinajstić information content (AvgIpc) is 3.19. The van der Waals surface area contributed by atoms with Crippen molar-refractivity contribution >= 4 is 0 Å². The van der Waals surface area contributed by atoms with Crippen molar-refractivity contribution in [2.45, 2.75) is 31.4 Å². The van der Waals surface area contributed by atoms with E-state index in [1.807, 2.05) is 12.1 Å². The van der Waals surface area contributed by atoms with Crippen LogP contribution in [0.2, 0.25) is 0 Å². The van der Waals surface area contributed by atoms with Gasteiger partial charge in [0.15, 0.2) is 11.6 Å². The van der Waals surface area contributed by atoms with E-state index in [0.29, 0.717) is 23.8 Å². The highest BCUT2D eigenvalue weighted by Crippen LogP contribution is 2.32. The third-order valence-electron chi connectivity index (χ3n) is 6.29. The minimum absolute atomic E-state index is 0.0267. The molecule has 0 radical (unpaired) electrons. The van der Waals surface area contributed by atoms with E-state index in [4.69, 9.17) is 14.2 Å². The van der Waals surface area contributed by atoms with Gasteiger partial charge in [0.05, 0.1) is 25.9 Å². The summed E-state index contributed by atoms with van der Waals surface area (Å²) < 4.78 is 31.3. The zero-order chi connectivity index (χ0) is 18.7. The molecule has 3 heterocycles. The summed E-state index contributed by atoms with van der Waals surface area (Å²) in [5.41, 5.74) is 0.680. The van der Waals surface area contributed by atoms with E-state index in [0.717, 1.165) is 65.4 Å². The number of halogens is 1. The normalized spacial score (nSPS) is 26.5. The number of likely N-dealkylation sites (tertiary alicyclic amines) is 1. The SMILES string of the molecule is COc1cccc(CN2CCC3(CC2)CN(CC2CCOC2)CCO3)c1F. The predicted molar refractivity (Wildman–Crippen MR) is 102 cm³/mol. The molecule has 1 unspecified atom stereocenters. The maximum atomic E-state index is 14.4. The Bertz CT molecular complexity index is 628. The lowest BCUT2D eigenvalue weighted by molar-refractivity contribution is -0.138. The third-order valence-corrected chi connectivity index (χ3v) is 6.29. The maximum Gasteiger partial charge on any atom is 0.169 e. The van der Waals surface area contributed by atoms with E-state index < -0.39 is 0 Å². The Kier molecular flexibility index (Phi) is 5.97. The molecular weight excluding hydrogens is 347 g/mol. The van der Waals surface area contributed by atoms with E-state index in [1.54, 1.807) is 6.07 Å². The lowest BCUT2D eigenvalue weighted by Gasteiger charge is -2.47. The predicted octanol–water partition coefficient (Wildman–Crippen LogP) is 2.54. The van der Waals surface area contributed by atoms with E-state index in [1.165, 1.54) is 13.5 Å². The molecule has 1 aromatic rings. The van der Waals surface area contributed by atoms with E-state index >= 15 is 0 Å². The molecule has 0 aromatic heterocycles. The number of benzene rings is 1. The molecular formula is C21H31FN2O3. The topological polar surface area (TPSA) is 34.2 Å². The first-order valence-corrected chi connectivity index (χ1v) is 10.2. The number of rotatable bonds is 5. The summed E-state index contributed by atoms with van der Waals surface area (Å²) in [4.78, 5) is 4.90. The fourth-order valence-electron chi connectivity index (χ4n) is 4.67. The second-order valence-electron chi connectivity index (χ2n) is 8.21. The quantitative estimate of drug-likeness (QED) is 0.787. The van der Waals surface area contributed by atoms with Crippen LogP contribution in [0.15, 0.2) is 18.2 Å². The van der Waals surface area contributed by atoms with Crippen molar-refractivity contribution in [3.8, 4) is 5.75 Å². The molecule has 0 aliphatic carbocycles. The molecule has 0 N–H and O–H groups in total. The molecule has 27 heavy (non-hydrogen) atoms. The minimum atomic E-state index is -0.237. The standard InChI is InChI=1S/C21H31FN2O3/c1-25-19-4-2-3-18(20(19)22)14-23-8-6-21(7-9-23)16-24(10-12-27-21)13-17-5-11-26-15-17/h2-4,17H,5-16H2,1H3. The first-order valence-electron chi connectivity index (χ1n) is 10.2. The van der Waals surface area contributed by atoms with Gasteiger partial charge in [0.25, 0.3) is 0 Å². The number of hydrogen-bond donors (Lipinski definition) is 0. The van der Waals surface area contributed by atoms with E-state index in [-0.39, 0.29) is 11.4 Å². The van der Waals surface area contributed by atoms with Gasteiger partial charge in [0, 0.05) is 51.4 Å². The number of nitrogens with zero attached hydrogens (tertiary/aromatic N) is 2. The van der Waals surface area contributed by atoms with Crippen LogP contribution in [0.25, 0.3) is 0 Å². The molecule has 3 saturated heterocycles. The Morgan fingerprint density at radius 2 is 2.04 bits per heavy atom. The minimum Gasteiger partial charge on any atom is -0.494 e. The molecule has 0 amide bonds. The molecule has 3 aliphatic heterocycles. The van der Waals surface area contributed by atoms with Crippen LogP contribution in [0, 0.1) is 11.7 Å². The molecule has 5 nitrogen and oxygen atoms in total. The monoisotopic (exact) mass is 378 g/mol. The molecule has 6 heteroatoms. The van der Waals surface area contributed by atoms with Gasteiger partial charge in [-0.2, -0.15) is 0 Å². The molecule has 1 atom stereocenters. The first kappa shape index (κ1) is 19.1. The number of methoxy groups -OCH3 is 1. The van der Waals surface area contributed by atoms with Gasteiger partial charge >= 0.3 is 0 Å². The van der Waals surface area contributed by atoms with Crippen molar-refractivity contribution in [3.05, 3.63) is 29.6 Å². The molecule has 3 fully saturated rings. The Hall–Kier alpha value is -1.21.